The third-order valence-electron chi connectivity index (χ3n) is 6.41. The van der Waals surface area contributed by atoms with E-state index >= 15 is 0 Å². The third-order valence-corrected chi connectivity index (χ3v) is 7.28. The zero-order valence-corrected chi connectivity index (χ0v) is 21.7. The van der Waals surface area contributed by atoms with E-state index in [0.717, 1.165) is 42.4 Å². The highest BCUT2D eigenvalue weighted by Crippen LogP contribution is 2.25. The molecule has 0 radical (unpaired) electrons. The van der Waals surface area contributed by atoms with Gasteiger partial charge in [0.25, 0.3) is 0 Å². The maximum atomic E-state index is 4.81. The number of rotatable bonds is 9. The van der Waals surface area contributed by atoms with Gasteiger partial charge in [-0.05, 0) is 74.6 Å². The van der Waals surface area contributed by atoms with Crippen molar-refractivity contribution < 1.29 is 0 Å². The van der Waals surface area contributed by atoms with Crippen LogP contribution >= 0.6 is 11.8 Å². The first kappa shape index (κ1) is 24.9. The lowest BCUT2D eigenvalue weighted by Gasteiger charge is -2.28. The minimum atomic E-state index is 0.486. The maximum Gasteiger partial charge on any atom is 0.151 e. The van der Waals surface area contributed by atoms with Gasteiger partial charge in [-0.15, -0.1) is 11.8 Å². The van der Waals surface area contributed by atoms with Crippen LogP contribution in [0.2, 0.25) is 0 Å². The molecule has 1 aromatic carbocycles. The number of aliphatic imine (C=N–C) groups is 2. The van der Waals surface area contributed by atoms with Crippen molar-refractivity contribution in [1.29, 1.82) is 0 Å². The van der Waals surface area contributed by atoms with Crippen LogP contribution in [-0.4, -0.2) is 56.9 Å². The van der Waals surface area contributed by atoms with Gasteiger partial charge in [0.05, 0.1) is 5.71 Å². The van der Waals surface area contributed by atoms with E-state index in [1.54, 1.807) is 11.8 Å². The highest BCUT2D eigenvalue weighted by molar-refractivity contribution is 8.02. The zero-order valence-electron chi connectivity index (χ0n) is 20.8. The smallest absolute Gasteiger partial charge is 0.151 e. The predicted molar refractivity (Wildman–Crippen MR) is 153 cm³/mol. The summed E-state index contributed by atoms with van der Waals surface area (Å²) in [6, 6.07) is 8.68. The lowest BCUT2D eigenvalue weighted by Crippen LogP contribution is -2.29. The van der Waals surface area contributed by atoms with Gasteiger partial charge < -0.3 is 20.4 Å². The third kappa shape index (κ3) is 6.48. The van der Waals surface area contributed by atoms with Gasteiger partial charge >= 0.3 is 0 Å². The van der Waals surface area contributed by atoms with Gasteiger partial charge in [0.2, 0.25) is 0 Å². The van der Waals surface area contributed by atoms with Gasteiger partial charge in [-0.1, -0.05) is 24.3 Å². The standard InChI is InChI=1S/C28H36N6S/c1-29-28(30-20-22-10-6-4-7-11-26(22)35-3)27-25(16-19-33(27)2)32-21-31-23-12-14-24(15-13-23)34-17-8-5-9-18-34/h4,6,10-16,19,30-31H,1,5,7-9,17-18,20-21H2,2-3H3/b28-27-,32-25-. The second kappa shape index (κ2) is 12.5. The van der Waals surface area contributed by atoms with Crippen LogP contribution in [0.5, 0.6) is 0 Å². The number of piperidine rings is 1. The Bertz CT molecular complexity index is 1070. The molecule has 3 aliphatic rings. The molecule has 0 bridgehead atoms. The Morgan fingerprint density at radius 3 is 2.69 bits per heavy atom. The van der Waals surface area contributed by atoms with Crippen LogP contribution in [0.1, 0.15) is 25.7 Å². The molecule has 1 fully saturated rings. The van der Waals surface area contributed by atoms with Crippen molar-refractivity contribution in [2.75, 3.05) is 49.8 Å². The molecule has 2 aliphatic heterocycles. The van der Waals surface area contributed by atoms with Crippen LogP contribution in [0.3, 0.4) is 0 Å². The fourth-order valence-corrected chi connectivity index (χ4v) is 5.16. The first-order chi connectivity index (χ1) is 17.2. The van der Waals surface area contributed by atoms with Gasteiger partial charge in [-0.3, -0.25) is 4.99 Å². The van der Waals surface area contributed by atoms with Crippen LogP contribution < -0.4 is 15.5 Å². The Balaban J connectivity index is 1.40. The van der Waals surface area contributed by atoms with E-state index in [1.165, 1.54) is 35.4 Å². The van der Waals surface area contributed by atoms with E-state index in [-0.39, 0.29) is 0 Å². The Hall–Kier alpha value is -3.19. The number of allylic oxidation sites excluding steroid dienone is 5. The number of hydrogen-bond donors (Lipinski definition) is 2. The quantitative estimate of drug-likeness (QED) is 0.447. The first-order valence-corrected chi connectivity index (χ1v) is 13.5. The van der Waals surface area contributed by atoms with Crippen molar-refractivity contribution in [3.63, 3.8) is 0 Å². The lowest BCUT2D eigenvalue weighted by molar-refractivity contribution is 0.578. The topological polar surface area (TPSA) is 55.3 Å². The molecule has 0 spiro atoms. The number of hydrogen-bond acceptors (Lipinski definition) is 7. The Morgan fingerprint density at radius 2 is 1.94 bits per heavy atom. The lowest BCUT2D eigenvalue weighted by atomic mass is 10.1. The van der Waals surface area contributed by atoms with E-state index in [1.807, 2.05) is 24.2 Å². The molecule has 1 aliphatic carbocycles. The van der Waals surface area contributed by atoms with E-state index in [9.17, 15) is 0 Å². The highest BCUT2D eigenvalue weighted by atomic mass is 32.2. The van der Waals surface area contributed by atoms with Crippen molar-refractivity contribution in [2.45, 2.75) is 25.7 Å². The maximum absolute atomic E-state index is 4.81. The van der Waals surface area contributed by atoms with Crippen molar-refractivity contribution in [1.82, 2.24) is 10.2 Å². The monoisotopic (exact) mass is 488 g/mol. The number of benzene rings is 1. The Labute approximate surface area is 214 Å². The molecule has 0 aromatic heterocycles. The van der Waals surface area contributed by atoms with Gasteiger partial charge in [0, 0.05) is 49.2 Å². The van der Waals surface area contributed by atoms with E-state index in [4.69, 9.17) is 4.99 Å². The van der Waals surface area contributed by atoms with Gasteiger partial charge in [0.15, 0.2) is 5.82 Å². The predicted octanol–water partition coefficient (Wildman–Crippen LogP) is 5.54. The summed E-state index contributed by atoms with van der Waals surface area (Å²) in [5.74, 6) is 0.733. The second-order valence-electron chi connectivity index (χ2n) is 8.74. The second-order valence-corrected chi connectivity index (χ2v) is 9.58. The van der Waals surface area contributed by atoms with Gasteiger partial charge in [0.1, 0.15) is 12.4 Å². The minimum Gasteiger partial charge on any atom is -0.372 e. The van der Waals surface area contributed by atoms with Crippen LogP contribution in [0.4, 0.5) is 11.4 Å². The summed E-state index contributed by atoms with van der Waals surface area (Å²) in [6.07, 6.45) is 19.7. The largest absolute Gasteiger partial charge is 0.372 e. The molecule has 4 rings (SSSR count). The summed E-state index contributed by atoms with van der Waals surface area (Å²) >= 11 is 1.77. The van der Waals surface area contributed by atoms with E-state index < -0.39 is 0 Å². The molecular formula is C28H36N6S. The summed E-state index contributed by atoms with van der Waals surface area (Å²) in [4.78, 5) is 14.9. The zero-order chi connectivity index (χ0) is 24.5. The Morgan fingerprint density at radius 1 is 1.14 bits per heavy atom. The Kier molecular flexibility index (Phi) is 8.90. The number of nitrogens with zero attached hydrogens (tertiary/aromatic N) is 4. The first-order valence-electron chi connectivity index (χ1n) is 12.3. The molecule has 0 amide bonds. The van der Waals surface area contributed by atoms with Crippen molar-refractivity contribution >= 4 is 35.6 Å². The molecule has 35 heavy (non-hydrogen) atoms. The van der Waals surface area contributed by atoms with Crippen molar-refractivity contribution in [3.05, 3.63) is 82.8 Å². The highest BCUT2D eigenvalue weighted by Gasteiger charge is 2.20. The summed E-state index contributed by atoms with van der Waals surface area (Å²) in [6.45, 7) is 7.30. The normalized spacial score (nSPS) is 20.5. The molecule has 1 aromatic rings. The fourth-order valence-electron chi connectivity index (χ4n) is 4.50. The molecule has 0 atom stereocenters. The number of nitrogens with one attached hydrogen (secondary N) is 2. The van der Waals surface area contributed by atoms with Gasteiger partial charge in [-0.2, -0.15) is 0 Å². The van der Waals surface area contributed by atoms with Crippen molar-refractivity contribution in [3.8, 4) is 0 Å². The van der Waals surface area contributed by atoms with Crippen LogP contribution in [0, 0.1) is 0 Å². The van der Waals surface area contributed by atoms with E-state index in [2.05, 4.69) is 82.1 Å². The van der Waals surface area contributed by atoms with E-state index in [0.29, 0.717) is 13.2 Å². The molecule has 6 nitrogen and oxygen atoms in total. The molecular weight excluding hydrogens is 452 g/mol. The van der Waals surface area contributed by atoms with Crippen LogP contribution in [0.15, 0.2) is 92.8 Å². The minimum absolute atomic E-state index is 0.486. The summed E-state index contributed by atoms with van der Waals surface area (Å²) in [7, 11) is 2.01. The molecule has 184 valence electrons. The average Bonchev–Trinajstić information content (AvgIpc) is 3.11. The number of anilines is 2. The molecule has 1 saturated heterocycles. The number of thioether (sulfide) groups is 1. The van der Waals surface area contributed by atoms with Gasteiger partial charge in [-0.25, -0.2) is 4.99 Å². The van der Waals surface area contributed by atoms with Crippen molar-refractivity contribution in [2.24, 2.45) is 9.98 Å². The summed E-state index contributed by atoms with van der Waals surface area (Å²) in [5, 5.41) is 6.91. The SMILES string of the molecule is C=N/C(NCC1=CC=CCC=C1SC)=C1\C(=N/CNc2ccc(N3CCCCC3)cc2)C=CN1C. The molecule has 2 N–H and O–H groups in total. The molecule has 0 unspecified atom stereocenters. The molecule has 2 heterocycles. The van der Waals surface area contributed by atoms with Crippen LogP contribution in [-0.2, 0) is 0 Å². The fraction of sp³-hybridized carbons (Fsp3) is 0.357. The molecule has 7 heteroatoms. The summed E-state index contributed by atoms with van der Waals surface area (Å²) in [5.41, 5.74) is 5.44. The summed E-state index contributed by atoms with van der Waals surface area (Å²) < 4.78 is 0. The average molecular weight is 489 g/mol. The van der Waals surface area contributed by atoms with Crippen LogP contribution in [0.25, 0.3) is 0 Å². The molecule has 0 saturated carbocycles.